The van der Waals surface area contributed by atoms with Gasteiger partial charge in [-0.1, -0.05) is 75.4 Å². The number of likely N-dealkylation sites (N-methyl/N-ethyl adjacent to an activating group) is 1. The lowest BCUT2D eigenvalue weighted by Gasteiger charge is -2.41. The first-order valence-electron chi connectivity index (χ1n) is 17.5. The molecular weight excluding hydrogens is 667 g/mol. The van der Waals surface area contributed by atoms with Gasteiger partial charge in [0.25, 0.3) is 0 Å². The third-order valence-corrected chi connectivity index (χ3v) is 8.89. The molecule has 0 heterocycles. The van der Waals surface area contributed by atoms with E-state index in [4.69, 9.17) is 9.47 Å². The van der Waals surface area contributed by atoms with Gasteiger partial charge in [0, 0.05) is 26.1 Å². The fourth-order valence-corrected chi connectivity index (χ4v) is 5.65. The molecule has 0 spiro atoms. The standard InChI is InChI=1S/C40H53FN4O7/c1-8-51-35(48)25-42-24-31(22-29-16-20-33(46)32(23-29)39(2,3)4)43-37(49)36(44-38(50)52-26-28-12-10-9-11-13-28)40(5,6)45(7)34(47)21-17-27-14-18-30(41)19-15-27/h9-16,18-20,23,31,36,42,46H,8,17,21-22,24-26H2,1-7H3,(H,43,49)(H,44,50). The fraction of sp³-hybridized carbons (Fsp3) is 0.450. The molecule has 0 aliphatic carbocycles. The zero-order valence-electron chi connectivity index (χ0n) is 31.3. The Morgan fingerprint density at radius 3 is 2.15 bits per heavy atom. The van der Waals surface area contributed by atoms with Crippen LogP contribution in [0.15, 0.2) is 72.8 Å². The number of amides is 3. The van der Waals surface area contributed by atoms with Gasteiger partial charge in [0.2, 0.25) is 11.8 Å². The Hall–Kier alpha value is -4.97. The molecule has 12 heteroatoms. The molecule has 3 amide bonds. The number of benzene rings is 3. The smallest absolute Gasteiger partial charge is 0.408 e. The second kappa shape index (κ2) is 19.0. The molecule has 3 rings (SSSR count). The summed E-state index contributed by atoms with van der Waals surface area (Å²) >= 11 is 0. The van der Waals surface area contributed by atoms with Gasteiger partial charge in [-0.15, -0.1) is 0 Å². The van der Waals surface area contributed by atoms with Crippen molar-refractivity contribution in [2.75, 3.05) is 26.7 Å². The van der Waals surface area contributed by atoms with Crippen molar-refractivity contribution in [1.29, 1.82) is 0 Å². The Labute approximate surface area is 306 Å². The van der Waals surface area contributed by atoms with Crippen LogP contribution in [0.25, 0.3) is 0 Å². The molecule has 0 radical (unpaired) electrons. The first-order valence-corrected chi connectivity index (χ1v) is 17.5. The van der Waals surface area contributed by atoms with E-state index in [1.165, 1.54) is 17.0 Å². The Balaban J connectivity index is 1.88. The summed E-state index contributed by atoms with van der Waals surface area (Å²) in [6.07, 6.45) is -0.117. The zero-order valence-corrected chi connectivity index (χ0v) is 31.3. The van der Waals surface area contributed by atoms with E-state index in [-0.39, 0.29) is 55.6 Å². The van der Waals surface area contributed by atoms with Crippen LogP contribution in [0.5, 0.6) is 5.75 Å². The maximum absolute atomic E-state index is 14.3. The second-order valence-corrected chi connectivity index (χ2v) is 14.3. The molecule has 3 aromatic rings. The number of aromatic hydroxyl groups is 1. The minimum absolute atomic E-state index is 0.0365. The van der Waals surface area contributed by atoms with Gasteiger partial charge in [-0.3, -0.25) is 14.4 Å². The number of ether oxygens (including phenoxy) is 2. The van der Waals surface area contributed by atoms with Crippen LogP contribution < -0.4 is 16.0 Å². The third-order valence-electron chi connectivity index (χ3n) is 8.89. The largest absolute Gasteiger partial charge is 0.508 e. The quantitative estimate of drug-likeness (QED) is 0.140. The van der Waals surface area contributed by atoms with E-state index in [1.807, 2.05) is 45.0 Å². The van der Waals surface area contributed by atoms with Crippen LogP contribution in [0.1, 0.15) is 70.2 Å². The lowest BCUT2D eigenvalue weighted by molar-refractivity contribution is -0.142. The highest BCUT2D eigenvalue weighted by atomic mass is 19.1. The number of carbonyl (C=O) groups excluding carboxylic acids is 4. The number of phenols is 1. The van der Waals surface area contributed by atoms with Crippen molar-refractivity contribution in [3.05, 3.63) is 101 Å². The highest BCUT2D eigenvalue weighted by Gasteiger charge is 2.42. The number of carbonyl (C=O) groups is 4. The normalized spacial score (nSPS) is 12.7. The summed E-state index contributed by atoms with van der Waals surface area (Å²) in [5, 5.41) is 19.3. The van der Waals surface area contributed by atoms with E-state index in [0.717, 1.165) is 22.3 Å². The van der Waals surface area contributed by atoms with Crippen molar-refractivity contribution >= 4 is 23.9 Å². The molecule has 4 N–H and O–H groups in total. The number of nitrogens with one attached hydrogen (secondary N) is 3. The van der Waals surface area contributed by atoms with E-state index in [2.05, 4.69) is 16.0 Å². The van der Waals surface area contributed by atoms with E-state index >= 15 is 0 Å². The van der Waals surface area contributed by atoms with Gasteiger partial charge in [0.1, 0.15) is 24.2 Å². The summed E-state index contributed by atoms with van der Waals surface area (Å²) < 4.78 is 23.9. The average molecular weight is 721 g/mol. The molecule has 0 saturated carbocycles. The van der Waals surface area contributed by atoms with Crippen molar-refractivity contribution in [2.24, 2.45) is 0 Å². The molecular formula is C40H53FN4O7. The number of rotatable bonds is 17. The van der Waals surface area contributed by atoms with Gasteiger partial charge in [-0.2, -0.15) is 0 Å². The minimum Gasteiger partial charge on any atom is -0.508 e. The van der Waals surface area contributed by atoms with Crippen LogP contribution in [0.3, 0.4) is 0 Å². The molecule has 0 bridgehead atoms. The van der Waals surface area contributed by atoms with Crippen LogP contribution in [-0.4, -0.2) is 78.3 Å². The fourth-order valence-electron chi connectivity index (χ4n) is 5.65. The summed E-state index contributed by atoms with van der Waals surface area (Å²) in [5.41, 5.74) is 1.47. The molecule has 0 aromatic heterocycles. The van der Waals surface area contributed by atoms with Gasteiger partial charge >= 0.3 is 12.1 Å². The molecule has 0 saturated heterocycles. The van der Waals surface area contributed by atoms with Crippen molar-refractivity contribution < 1.29 is 38.1 Å². The SMILES string of the molecule is CCOC(=O)CNCC(Cc1ccc(O)c(C(C)(C)C)c1)NC(=O)C(NC(=O)OCc1ccccc1)C(C)(C)N(C)C(=O)CCc1ccc(F)cc1. The third kappa shape index (κ3) is 12.7. The van der Waals surface area contributed by atoms with Crippen molar-refractivity contribution in [3.8, 4) is 5.75 Å². The summed E-state index contributed by atoms with van der Waals surface area (Å²) in [5.74, 6) is -1.54. The van der Waals surface area contributed by atoms with Crippen LogP contribution in [0.2, 0.25) is 0 Å². The monoisotopic (exact) mass is 720 g/mol. The number of esters is 1. The first kappa shape index (κ1) is 41.5. The van der Waals surface area contributed by atoms with Gasteiger partial charge in [0.15, 0.2) is 0 Å². The predicted octanol–water partition coefficient (Wildman–Crippen LogP) is 5.17. The number of halogens is 1. The molecule has 11 nitrogen and oxygen atoms in total. The number of nitrogens with zero attached hydrogens (tertiary/aromatic N) is 1. The van der Waals surface area contributed by atoms with E-state index < -0.39 is 35.6 Å². The number of phenolic OH excluding ortho intramolecular Hbond substituents is 1. The van der Waals surface area contributed by atoms with E-state index in [9.17, 15) is 28.7 Å². The van der Waals surface area contributed by atoms with Crippen LogP contribution in [0, 0.1) is 5.82 Å². The number of alkyl carbamates (subject to hydrolysis) is 1. The van der Waals surface area contributed by atoms with Gasteiger partial charge in [-0.05, 0) is 79.5 Å². The maximum Gasteiger partial charge on any atom is 0.408 e. The summed E-state index contributed by atoms with van der Waals surface area (Å²) in [6, 6.07) is 18.4. The van der Waals surface area contributed by atoms with Crippen molar-refractivity contribution in [2.45, 2.75) is 90.4 Å². The zero-order chi connectivity index (χ0) is 38.5. The predicted molar refractivity (Wildman–Crippen MR) is 197 cm³/mol. The Bertz CT molecular complexity index is 1640. The number of hydrogen-bond acceptors (Lipinski definition) is 8. The topological polar surface area (TPSA) is 146 Å². The molecule has 282 valence electrons. The first-order chi connectivity index (χ1) is 24.5. The molecule has 0 aliphatic rings. The average Bonchev–Trinajstić information content (AvgIpc) is 3.09. The highest BCUT2D eigenvalue weighted by molar-refractivity contribution is 5.88. The van der Waals surface area contributed by atoms with Gasteiger partial charge < -0.3 is 35.4 Å². The molecule has 3 aromatic carbocycles. The number of hydrogen-bond donors (Lipinski definition) is 4. The lowest BCUT2D eigenvalue weighted by atomic mass is 9.84. The van der Waals surface area contributed by atoms with Crippen LogP contribution >= 0.6 is 0 Å². The van der Waals surface area contributed by atoms with E-state index in [1.54, 1.807) is 64.2 Å². The van der Waals surface area contributed by atoms with Crippen molar-refractivity contribution in [3.63, 3.8) is 0 Å². The summed E-state index contributed by atoms with van der Waals surface area (Å²) in [4.78, 5) is 54.6. The molecule has 52 heavy (non-hydrogen) atoms. The van der Waals surface area contributed by atoms with E-state index in [0.29, 0.717) is 12.8 Å². The molecule has 2 atom stereocenters. The molecule has 2 unspecified atom stereocenters. The highest BCUT2D eigenvalue weighted by Crippen LogP contribution is 2.31. The van der Waals surface area contributed by atoms with Gasteiger partial charge in [0.05, 0.1) is 18.7 Å². The van der Waals surface area contributed by atoms with Gasteiger partial charge in [-0.25, -0.2) is 9.18 Å². The maximum atomic E-state index is 14.3. The summed E-state index contributed by atoms with van der Waals surface area (Å²) in [6.45, 7) is 11.3. The molecule has 0 fully saturated rings. The molecule has 0 aliphatic heterocycles. The minimum atomic E-state index is -1.28. The summed E-state index contributed by atoms with van der Waals surface area (Å²) in [7, 11) is 1.56. The Kier molecular flexibility index (Phi) is 15.2. The number of aryl methyl sites for hydroxylation is 1. The lowest BCUT2D eigenvalue weighted by Crippen LogP contribution is -2.66. The van der Waals surface area contributed by atoms with Crippen molar-refractivity contribution in [1.82, 2.24) is 20.9 Å². The Morgan fingerprint density at radius 2 is 1.52 bits per heavy atom. The Morgan fingerprint density at radius 1 is 0.865 bits per heavy atom. The second-order valence-electron chi connectivity index (χ2n) is 14.3. The van der Waals surface area contributed by atoms with Crippen LogP contribution in [0.4, 0.5) is 9.18 Å². The van der Waals surface area contributed by atoms with Crippen LogP contribution in [-0.2, 0) is 48.7 Å².